The molecule has 0 radical (unpaired) electrons. The summed E-state index contributed by atoms with van der Waals surface area (Å²) in [6, 6.07) is 5.10. The van der Waals surface area contributed by atoms with Crippen LogP contribution in [-0.4, -0.2) is 29.0 Å². The Morgan fingerprint density at radius 1 is 1.44 bits per heavy atom. The molecule has 0 unspecified atom stereocenters. The third-order valence-electron chi connectivity index (χ3n) is 3.58. The molecule has 0 saturated carbocycles. The van der Waals surface area contributed by atoms with Gasteiger partial charge in [0.25, 0.3) is 0 Å². The normalized spacial score (nSPS) is 22.6. The number of rotatable bonds is 2. The van der Waals surface area contributed by atoms with Gasteiger partial charge in [-0.15, -0.1) is 0 Å². The SMILES string of the molecule is Cc1cc([C@H]2CCCN(C(C)C)C2)ccn1. The molecule has 1 fully saturated rings. The van der Waals surface area contributed by atoms with Crippen LogP contribution in [0.4, 0.5) is 0 Å². The highest BCUT2D eigenvalue weighted by atomic mass is 15.2. The number of piperidine rings is 1. The highest BCUT2D eigenvalue weighted by Crippen LogP contribution is 2.27. The van der Waals surface area contributed by atoms with Gasteiger partial charge in [-0.25, -0.2) is 0 Å². The second kappa shape index (κ2) is 4.96. The minimum atomic E-state index is 0.672. The highest BCUT2D eigenvalue weighted by Gasteiger charge is 2.22. The van der Waals surface area contributed by atoms with E-state index in [1.165, 1.54) is 31.5 Å². The summed E-state index contributed by atoms with van der Waals surface area (Å²) in [6.07, 6.45) is 4.59. The number of aromatic nitrogens is 1. The fourth-order valence-electron chi connectivity index (χ4n) is 2.57. The zero-order valence-electron chi connectivity index (χ0n) is 10.6. The molecule has 16 heavy (non-hydrogen) atoms. The average Bonchev–Trinajstić information content (AvgIpc) is 2.29. The number of aryl methyl sites for hydroxylation is 1. The van der Waals surface area contributed by atoms with Crippen molar-refractivity contribution in [2.75, 3.05) is 13.1 Å². The lowest BCUT2D eigenvalue weighted by molar-refractivity contribution is 0.167. The molecule has 2 rings (SSSR count). The molecule has 0 bridgehead atoms. The summed E-state index contributed by atoms with van der Waals surface area (Å²) in [5.74, 6) is 0.706. The lowest BCUT2D eigenvalue weighted by atomic mass is 9.90. The maximum Gasteiger partial charge on any atom is 0.0375 e. The zero-order chi connectivity index (χ0) is 11.5. The van der Waals surface area contributed by atoms with Gasteiger partial charge in [0.2, 0.25) is 0 Å². The summed E-state index contributed by atoms with van der Waals surface area (Å²) in [6.45, 7) is 9.13. The van der Waals surface area contributed by atoms with E-state index in [0.29, 0.717) is 12.0 Å². The van der Waals surface area contributed by atoms with Gasteiger partial charge in [0.05, 0.1) is 0 Å². The van der Waals surface area contributed by atoms with Gasteiger partial charge in [0.1, 0.15) is 0 Å². The summed E-state index contributed by atoms with van der Waals surface area (Å²) in [5, 5.41) is 0. The van der Waals surface area contributed by atoms with E-state index in [1.807, 2.05) is 6.20 Å². The highest BCUT2D eigenvalue weighted by molar-refractivity contribution is 5.21. The Bertz CT molecular complexity index is 346. The molecule has 88 valence electrons. The molecule has 0 amide bonds. The van der Waals surface area contributed by atoms with Gasteiger partial charge >= 0.3 is 0 Å². The minimum absolute atomic E-state index is 0.672. The molecule has 2 heteroatoms. The van der Waals surface area contributed by atoms with Crippen molar-refractivity contribution in [3.63, 3.8) is 0 Å². The van der Waals surface area contributed by atoms with E-state index in [2.05, 4.69) is 42.8 Å². The van der Waals surface area contributed by atoms with Crippen molar-refractivity contribution in [3.8, 4) is 0 Å². The molecule has 2 nitrogen and oxygen atoms in total. The van der Waals surface area contributed by atoms with Crippen LogP contribution in [0.25, 0.3) is 0 Å². The van der Waals surface area contributed by atoms with Crippen LogP contribution in [-0.2, 0) is 0 Å². The largest absolute Gasteiger partial charge is 0.300 e. The first-order valence-corrected chi connectivity index (χ1v) is 6.33. The number of hydrogen-bond donors (Lipinski definition) is 0. The quantitative estimate of drug-likeness (QED) is 0.758. The van der Waals surface area contributed by atoms with E-state index in [4.69, 9.17) is 0 Å². The molecular formula is C14H22N2. The molecular weight excluding hydrogens is 196 g/mol. The molecule has 0 N–H and O–H groups in total. The molecule has 2 heterocycles. The van der Waals surface area contributed by atoms with Crippen LogP contribution in [0, 0.1) is 6.92 Å². The van der Waals surface area contributed by atoms with Crippen molar-refractivity contribution in [2.45, 2.75) is 45.6 Å². The Kier molecular flexibility index (Phi) is 3.59. The minimum Gasteiger partial charge on any atom is -0.300 e. The number of nitrogens with zero attached hydrogens (tertiary/aromatic N) is 2. The third kappa shape index (κ3) is 2.62. The van der Waals surface area contributed by atoms with Gasteiger partial charge in [-0.2, -0.15) is 0 Å². The Balaban J connectivity index is 2.09. The topological polar surface area (TPSA) is 16.1 Å². The van der Waals surface area contributed by atoms with Crippen molar-refractivity contribution in [2.24, 2.45) is 0 Å². The van der Waals surface area contributed by atoms with E-state index in [9.17, 15) is 0 Å². The van der Waals surface area contributed by atoms with E-state index < -0.39 is 0 Å². The molecule has 1 atom stereocenters. The fourth-order valence-corrected chi connectivity index (χ4v) is 2.57. The van der Waals surface area contributed by atoms with Crippen LogP contribution >= 0.6 is 0 Å². The van der Waals surface area contributed by atoms with Crippen molar-refractivity contribution in [1.29, 1.82) is 0 Å². The Morgan fingerprint density at radius 3 is 2.94 bits per heavy atom. The smallest absolute Gasteiger partial charge is 0.0375 e. The standard InChI is InChI=1S/C14H22N2/c1-11(2)16-8-4-5-14(10-16)13-6-7-15-12(3)9-13/h6-7,9,11,14H,4-5,8,10H2,1-3H3/t14-/m0/s1. The number of likely N-dealkylation sites (tertiary alicyclic amines) is 1. The van der Waals surface area contributed by atoms with E-state index in [0.717, 1.165) is 5.69 Å². The molecule has 1 saturated heterocycles. The van der Waals surface area contributed by atoms with Crippen molar-refractivity contribution in [1.82, 2.24) is 9.88 Å². The predicted molar refractivity (Wildman–Crippen MR) is 67.7 cm³/mol. The second-order valence-electron chi connectivity index (χ2n) is 5.16. The van der Waals surface area contributed by atoms with Gasteiger partial charge in [-0.05, 0) is 63.8 Å². The Labute approximate surface area is 98.7 Å². The van der Waals surface area contributed by atoms with Crippen molar-refractivity contribution in [3.05, 3.63) is 29.6 Å². The van der Waals surface area contributed by atoms with E-state index in [1.54, 1.807) is 0 Å². The summed E-state index contributed by atoms with van der Waals surface area (Å²) >= 11 is 0. The molecule has 0 aromatic carbocycles. The van der Waals surface area contributed by atoms with Crippen LogP contribution in [0.15, 0.2) is 18.3 Å². The molecule has 0 spiro atoms. The molecule has 0 aliphatic carbocycles. The Morgan fingerprint density at radius 2 is 2.25 bits per heavy atom. The molecule has 1 aromatic heterocycles. The maximum atomic E-state index is 4.28. The fraction of sp³-hybridized carbons (Fsp3) is 0.643. The van der Waals surface area contributed by atoms with Gasteiger partial charge in [-0.3, -0.25) is 4.98 Å². The third-order valence-corrected chi connectivity index (χ3v) is 3.58. The van der Waals surface area contributed by atoms with Gasteiger partial charge in [0.15, 0.2) is 0 Å². The number of pyridine rings is 1. The predicted octanol–water partition coefficient (Wildman–Crippen LogP) is 2.98. The Hall–Kier alpha value is -0.890. The molecule has 1 aliphatic rings. The number of hydrogen-bond acceptors (Lipinski definition) is 2. The van der Waals surface area contributed by atoms with Crippen LogP contribution in [0.2, 0.25) is 0 Å². The van der Waals surface area contributed by atoms with Gasteiger partial charge in [0, 0.05) is 24.5 Å². The second-order valence-corrected chi connectivity index (χ2v) is 5.16. The molecule has 1 aliphatic heterocycles. The first kappa shape index (κ1) is 11.6. The zero-order valence-corrected chi connectivity index (χ0v) is 10.6. The average molecular weight is 218 g/mol. The molecule has 1 aromatic rings. The van der Waals surface area contributed by atoms with Crippen LogP contribution in [0.5, 0.6) is 0 Å². The summed E-state index contributed by atoms with van der Waals surface area (Å²) < 4.78 is 0. The van der Waals surface area contributed by atoms with Crippen molar-refractivity contribution < 1.29 is 0 Å². The first-order valence-electron chi connectivity index (χ1n) is 6.33. The summed E-state index contributed by atoms with van der Waals surface area (Å²) in [5.41, 5.74) is 2.61. The maximum absolute atomic E-state index is 4.28. The van der Waals surface area contributed by atoms with Crippen LogP contribution in [0.3, 0.4) is 0 Å². The van der Waals surface area contributed by atoms with Gasteiger partial charge < -0.3 is 4.90 Å². The van der Waals surface area contributed by atoms with E-state index in [-0.39, 0.29) is 0 Å². The summed E-state index contributed by atoms with van der Waals surface area (Å²) in [4.78, 5) is 6.86. The van der Waals surface area contributed by atoms with Crippen LogP contribution < -0.4 is 0 Å². The lowest BCUT2D eigenvalue weighted by Gasteiger charge is -2.35. The van der Waals surface area contributed by atoms with E-state index >= 15 is 0 Å². The summed E-state index contributed by atoms with van der Waals surface area (Å²) in [7, 11) is 0. The van der Waals surface area contributed by atoms with Crippen molar-refractivity contribution >= 4 is 0 Å². The monoisotopic (exact) mass is 218 g/mol. The lowest BCUT2D eigenvalue weighted by Crippen LogP contribution is -2.39. The van der Waals surface area contributed by atoms with Crippen LogP contribution in [0.1, 0.15) is 43.9 Å². The van der Waals surface area contributed by atoms with Gasteiger partial charge in [-0.1, -0.05) is 0 Å². The first-order chi connectivity index (χ1) is 7.66.